The first-order chi connectivity index (χ1) is 9.03. The van der Waals surface area contributed by atoms with Crippen LogP contribution in [-0.2, 0) is 4.57 Å². The summed E-state index contributed by atoms with van der Waals surface area (Å²) in [4.78, 5) is 33.7. The molecule has 19 heavy (non-hydrogen) atoms. The Hall–Kier alpha value is -2.03. The van der Waals surface area contributed by atoms with Crippen LogP contribution in [0.4, 0.5) is 0 Å². The molecule has 0 bridgehead atoms. The van der Waals surface area contributed by atoms with E-state index < -0.39 is 18.4 Å². The summed E-state index contributed by atoms with van der Waals surface area (Å²) in [6.45, 7) is 0. The van der Waals surface area contributed by atoms with Gasteiger partial charge < -0.3 is 4.89 Å². The van der Waals surface area contributed by atoms with Crippen LogP contribution in [0.25, 0.3) is 0 Å². The van der Waals surface area contributed by atoms with E-state index in [1.807, 2.05) is 0 Å². The van der Waals surface area contributed by atoms with E-state index in [4.69, 9.17) is 0 Å². The van der Waals surface area contributed by atoms with E-state index in [0.717, 1.165) is 0 Å². The third-order valence-electron chi connectivity index (χ3n) is 2.59. The zero-order chi connectivity index (χ0) is 13.9. The normalized spacial score (nSPS) is 11.0. The summed E-state index contributed by atoms with van der Waals surface area (Å²) in [6.07, 6.45) is 0. The number of carbonyl (C=O) groups excluding carboxylic acids is 2. The minimum atomic E-state index is -4.60. The van der Waals surface area contributed by atoms with Crippen LogP contribution >= 0.6 is 7.37 Å². The standard InChI is InChI=1S/C14H11O4P/c15-13(11-7-3-1-4-8-11)19(17,18)14(16)12-9-5-2-6-10-12/h1-10H,(H,17,18). The summed E-state index contributed by atoms with van der Waals surface area (Å²) in [5.41, 5.74) is -1.97. The Bertz CT molecular complexity index is 594. The van der Waals surface area contributed by atoms with Gasteiger partial charge in [0.1, 0.15) is 0 Å². The molecule has 0 aliphatic rings. The van der Waals surface area contributed by atoms with E-state index in [0.29, 0.717) is 0 Å². The molecular formula is C14H11O4P. The largest absolute Gasteiger partial charge is 0.337 e. The van der Waals surface area contributed by atoms with Crippen LogP contribution in [0.5, 0.6) is 0 Å². The van der Waals surface area contributed by atoms with Crippen molar-refractivity contribution in [2.45, 2.75) is 0 Å². The molecule has 0 spiro atoms. The van der Waals surface area contributed by atoms with Crippen LogP contribution in [0.3, 0.4) is 0 Å². The maximum atomic E-state index is 12.1. The molecule has 0 fully saturated rings. The second kappa shape index (κ2) is 5.31. The van der Waals surface area contributed by atoms with Gasteiger partial charge in [0.15, 0.2) is 0 Å². The lowest BCUT2D eigenvalue weighted by atomic mass is 10.2. The molecule has 2 aromatic carbocycles. The predicted octanol–water partition coefficient (Wildman–Crippen LogP) is 2.94. The molecule has 5 heteroatoms. The van der Waals surface area contributed by atoms with Crippen LogP contribution in [-0.4, -0.2) is 15.9 Å². The SMILES string of the molecule is O=C(c1ccccc1)P(=O)(O)C(=O)c1ccccc1. The molecule has 0 saturated carbocycles. The Balaban J connectivity index is 2.36. The van der Waals surface area contributed by atoms with E-state index in [1.54, 1.807) is 36.4 Å². The molecule has 2 rings (SSSR count). The van der Waals surface area contributed by atoms with Gasteiger partial charge in [0.05, 0.1) is 0 Å². The Morgan fingerprint density at radius 2 is 1.05 bits per heavy atom. The molecule has 0 saturated heterocycles. The van der Waals surface area contributed by atoms with Crippen LogP contribution in [0.1, 0.15) is 20.7 Å². The second-order valence-electron chi connectivity index (χ2n) is 3.92. The minimum Gasteiger partial charge on any atom is -0.333 e. The highest BCUT2D eigenvalue weighted by atomic mass is 31.2. The fourth-order valence-electron chi connectivity index (χ4n) is 1.60. The quantitative estimate of drug-likeness (QED) is 0.870. The van der Waals surface area contributed by atoms with Crippen LogP contribution in [0.2, 0.25) is 0 Å². The Labute approximate surface area is 110 Å². The van der Waals surface area contributed by atoms with Gasteiger partial charge in [-0.2, -0.15) is 0 Å². The molecule has 0 aliphatic heterocycles. The van der Waals surface area contributed by atoms with Crippen LogP contribution in [0.15, 0.2) is 60.7 Å². The predicted molar refractivity (Wildman–Crippen MR) is 71.4 cm³/mol. The maximum Gasteiger partial charge on any atom is 0.337 e. The Morgan fingerprint density at radius 1 is 0.737 bits per heavy atom. The third kappa shape index (κ3) is 2.70. The van der Waals surface area contributed by atoms with Crippen LogP contribution < -0.4 is 0 Å². The summed E-state index contributed by atoms with van der Waals surface area (Å²) in [5, 5.41) is 0. The molecule has 1 N–H and O–H groups in total. The summed E-state index contributed by atoms with van der Waals surface area (Å²) in [5.74, 6) is 0. The lowest BCUT2D eigenvalue weighted by Crippen LogP contribution is -2.09. The number of hydrogen-bond acceptors (Lipinski definition) is 3. The van der Waals surface area contributed by atoms with Gasteiger partial charge in [-0.05, 0) is 0 Å². The van der Waals surface area contributed by atoms with Gasteiger partial charge in [0.2, 0.25) is 0 Å². The monoisotopic (exact) mass is 274 g/mol. The average molecular weight is 274 g/mol. The Kier molecular flexibility index (Phi) is 3.74. The Morgan fingerprint density at radius 3 is 1.37 bits per heavy atom. The molecule has 0 unspecified atom stereocenters. The smallest absolute Gasteiger partial charge is 0.333 e. The van der Waals surface area contributed by atoms with E-state index in [2.05, 4.69) is 0 Å². The van der Waals surface area contributed by atoms with Crippen molar-refractivity contribution in [2.75, 3.05) is 0 Å². The van der Waals surface area contributed by atoms with Crippen molar-refractivity contribution >= 4 is 18.4 Å². The zero-order valence-corrected chi connectivity index (χ0v) is 10.8. The summed E-state index contributed by atoms with van der Waals surface area (Å²) in [6, 6.07) is 15.3. The van der Waals surface area contributed by atoms with Crippen molar-refractivity contribution < 1.29 is 19.0 Å². The lowest BCUT2D eigenvalue weighted by Gasteiger charge is -2.09. The number of benzene rings is 2. The molecule has 0 heterocycles. The third-order valence-corrected chi connectivity index (χ3v) is 4.21. The number of carbonyl (C=O) groups is 2. The van der Waals surface area contributed by atoms with Gasteiger partial charge in [-0.1, -0.05) is 60.7 Å². The second-order valence-corrected chi connectivity index (χ2v) is 5.88. The molecule has 2 aromatic rings. The molecule has 0 atom stereocenters. The van der Waals surface area contributed by atoms with Gasteiger partial charge in [-0.15, -0.1) is 0 Å². The van der Waals surface area contributed by atoms with E-state index in [-0.39, 0.29) is 11.1 Å². The van der Waals surface area contributed by atoms with E-state index in [1.165, 1.54) is 24.3 Å². The van der Waals surface area contributed by atoms with Crippen molar-refractivity contribution in [1.82, 2.24) is 0 Å². The molecule has 0 aromatic heterocycles. The lowest BCUT2D eigenvalue weighted by molar-refractivity contribution is 0.101. The van der Waals surface area contributed by atoms with Gasteiger partial charge in [-0.25, -0.2) is 0 Å². The molecule has 4 nitrogen and oxygen atoms in total. The molecule has 96 valence electrons. The van der Waals surface area contributed by atoms with Gasteiger partial charge in [-0.3, -0.25) is 14.2 Å². The number of rotatable bonds is 4. The fourth-order valence-corrected chi connectivity index (χ4v) is 2.79. The van der Waals surface area contributed by atoms with Gasteiger partial charge in [0, 0.05) is 11.1 Å². The van der Waals surface area contributed by atoms with E-state index >= 15 is 0 Å². The summed E-state index contributed by atoms with van der Waals surface area (Å²) >= 11 is 0. The van der Waals surface area contributed by atoms with Crippen molar-refractivity contribution in [3.8, 4) is 0 Å². The molecule has 0 amide bonds. The first-order valence-electron chi connectivity index (χ1n) is 5.56. The topological polar surface area (TPSA) is 71.4 Å². The highest BCUT2D eigenvalue weighted by Crippen LogP contribution is 2.47. The summed E-state index contributed by atoms with van der Waals surface area (Å²) in [7, 11) is -4.60. The first-order valence-corrected chi connectivity index (χ1v) is 7.22. The highest BCUT2D eigenvalue weighted by Gasteiger charge is 2.38. The number of hydrogen-bond donors (Lipinski definition) is 1. The first kappa shape index (κ1) is 13.4. The minimum absolute atomic E-state index is 0.0533. The fraction of sp³-hybridized carbons (Fsp3) is 0. The van der Waals surface area contributed by atoms with Crippen molar-refractivity contribution in [3.05, 3.63) is 71.8 Å². The highest BCUT2D eigenvalue weighted by molar-refractivity contribution is 7.91. The van der Waals surface area contributed by atoms with Gasteiger partial charge >= 0.3 is 7.37 Å². The van der Waals surface area contributed by atoms with Gasteiger partial charge in [0.25, 0.3) is 11.0 Å². The van der Waals surface area contributed by atoms with E-state index in [9.17, 15) is 19.0 Å². The van der Waals surface area contributed by atoms with Crippen molar-refractivity contribution in [3.63, 3.8) is 0 Å². The maximum absolute atomic E-state index is 12.1. The average Bonchev–Trinajstić information content (AvgIpc) is 2.47. The zero-order valence-electron chi connectivity index (χ0n) is 9.89. The molecule has 0 radical (unpaired) electrons. The van der Waals surface area contributed by atoms with Crippen LogP contribution in [0, 0.1) is 0 Å². The van der Waals surface area contributed by atoms with Crippen molar-refractivity contribution in [1.29, 1.82) is 0 Å². The van der Waals surface area contributed by atoms with Crippen molar-refractivity contribution in [2.24, 2.45) is 0 Å². The molecule has 0 aliphatic carbocycles. The summed E-state index contributed by atoms with van der Waals surface area (Å²) < 4.78 is 12.1. The molecular weight excluding hydrogens is 263 g/mol.